The molecule has 220 valence electrons. The number of piperazine rings is 1. The monoisotopic (exact) mass is 584 g/mol. The van der Waals surface area contributed by atoms with Gasteiger partial charge in [0.25, 0.3) is 6.43 Å². The number of amides is 1. The summed E-state index contributed by atoms with van der Waals surface area (Å²) in [4.78, 5) is 39.6. The van der Waals surface area contributed by atoms with Crippen LogP contribution in [0.1, 0.15) is 25.0 Å². The second-order valence-corrected chi connectivity index (χ2v) is 9.78. The molecule has 0 spiro atoms. The maximum atomic E-state index is 13.8. The zero-order valence-electron chi connectivity index (χ0n) is 22.2. The van der Waals surface area contributed by atoms with Crippen LogP contribution in [0.25, 0.3) is 11.4 Å². The molecule has 5 heterocycles. The molecule has 3 fully saturated rings. The number of carbonyl (C=O) groups excluding carboxylic acids is 1. The Morgan fingerprint density at radius 2 is 1.77 bits per heavy atom. The number of carbonyl (C=O) groups is 1. The van der Waals surface area contributed by atoms with Gasteiger partial charge in [0.1, 0.15) is 12.3 Å². The first-order valence-corrected chi connectivity index (χ1v) is 13.3. The van der Waals surface area contributed by atoms with Crippen molar-refractivity contribution in [2.24, 2.45) is 5.92 Å². The third-order valence-corrected chi connectivity index (χ3v) is 7.08. The quantitative estimate of drug-likeness (QED) is 0.451. The molecule has 0 saturated carbocycles. The second kappa shape index (κ2) is 14.1. The van der Waals surface area contributed by atoms with Crippen LogP contribution in [-0.2, 0) is 14.3 Å². The number of nitrogens with two attached hydrogens (primary N) is 1. The van der Waals surface area contributed by atoms with E-state index in [-0.39, 0.29) is 42.3 Å². The zero-order chi connectivity index (χ0) is 27.2. The molecule has 2 aromatic heterocycles. The third-order valence-electron chi connectivity index (χ3n) is 7.08. The van der Waals surface area contributed by atoms with Crippen molar-refractivity contribution in [2.45, 2.75) is 19.3 Å². The predicted molar refractivity (Wildman–Crippen MR) is 146 cm³/mol. The maximum Gasteiger partial charge on any atom is 0.281 e. The fourth-order valence-corrected chi connectivity index (χ4v) is 4.89. The Kier molecular flexibility index (Phi) is 10.5. The molecule has 16 heteroatoms. The lowest BCUT2D eigenvalue weighted by atomic mass is 10.0. The van der Waals surface area contributed by atoms with Crippen LogP contribution in [0, 0.1) is 5.92 Å². The van der Waals surface area contributed by atoms with Gasteiger partial charge in [-0.2, -0.15) is 15.0 Å². The molecule has 0 aliphatic carbocycles. The van der Waals surface area contributed by atoms with Crippen molar-refractivity contribution < 1.29 is 23.0 Å². The Balaban J connectivity index is 0.00000370. The lowest BCUT2D eigenvalue weighted by Gasteiger charge is -2.35. The highest BCUT2D eigenvalue weighted by Crippen LogP contribution is 2.30. The van der Waals surface area contributed by atoms with E-state index in [1.165, 1.54) is 6.20 Å². The summed E-state index contributed by atoms with van der Waals surface area (Å²) in [6.45, 7) is 6.61. The topological polar surface area (TPSA) is 148 Å². The van der Waals surface area contributed by atoms with Crippen molar-refractivity contribution in [2.75, 3.05) is 94.3 Å². The number of halogens is 3. The molecule has 13 nitrogen and oxygen atoms in total. The standard InChI is InChI=1S/C24H34F2N10O3.ClH/c25-20(26)19-17(13-29-22(27)30-19)21-31-23(33-24(32-21)36-8-10-38-11-9-36)35-6-4-34(5-7-35)18(37)15-39-14-16-2-1-3-28-12-16;/h13,16,20,28H,1-12,14-15H2,(H2,27,29,30);1H/t16-;/m1./s1. The van der Waals surface area contributed by atoms with Crippen molar-refractivity contribution in [3.63, 3.8) is 0 Å². The van der Waals surface area contributed by atoms with Crippen molar-refractivity contribution >= 4 is 36.2 Å². The molecule has 3 aliphatic heterocycles. The third kappa shape index (κ3) is 7.38. The number of morpholine rings is 1. The van der Waals surface area contributed by atoms with E-state index in [1.54, 1.807) is 4.90 Å². The second-order valence-electron chi connectivity index (χ2n) is 9.78. The van der Waals surface area contributed by atoms with Gasteiger partial charge in [0.15, 0.2) is 5.82 Å². The van der Waals surface area contributed by atoms with Gasteiger partial charge in [-0.1, -0.05) is 0 Å². The largest absolute Gasteiger partial charge is 0.378 e. The minimum Gasteiger partial charge on any atom is -0.378 e. The first-order chi connectivity index (χ1) is 19.0. The lowest BCUT2D eigenvalue weighted by Crippen LogP contribution is -2.50. The molecule has 0 radical (unpaired) electrons. The Bertz CT molecular complexity index is 1130. The fraction of sp³-hybridized carbons (Fsp3) is 0.667. The van der Waals surface area contributed by atoms with E-state index in [0.717, 1.165) is 25.9 Å². The summed E-state index contributed by atoms with van der Waals surface area (Å²) in [5.41, 5.74) is 5.02. The van der Waals surface area contributed by atoms with E-state index in [0.29, 0.717) is 76.9 Å². The Morgan fingerprint density at radius 3 is 2.42 bits per heavy atom. The Labute approximate surface area is 237 Å². The van der Waals surface area contributed by atoms with Crippen LogP contribution < -0.4 is 20.9 Å². The average molecular weight is 585 g/mol. The van der Waals surface area contributed by atoms with Crippen LogP contribution in [0.3, 0.4) is 0 Å². The Morgan fingerprint density at radius 1 is 1.07 bits per heavy atom. The highest BCUT2D eigenvalue weighted by atomic mass is 35.5. The fourth-order valence-electron chi connectivity index (χ4n) is 4.89. The van der Waals surface area contributed by atoms with Crippen LogP contribution in [0.15, 0.2) is 6.20 Å². The minimum absolute atomic E-state index is 0. The molecule has 5 rings (SSSR count). The number of anilines is 3. The molecule has 1 atom stereocenters. The number of hydrogen-bond acceptors (Lipinski definition) is 12. The summed E-state index contributed by atoms with van der Waals surface area (Å²) in [5, 5.41) is 3.35. The van der Waals surface area contributed by atoms with Crippen molar-refractivity contribution in [1.82, 2.24) is 35.1 Å². The van der Waals surface area contributed by atoms with Crippen LogP contribution in [0.2, 0.25) is 0 Å². The molecule has 3 N–H and O–H groups in total. The smallest absolute Gasteiger partial charge is 0.281 e. The van der Waals surface area contributed by atoms with Crippen molar-refractivity contribution in [3.05, 3.63) is 11.9 Å². The molecule has 1 amide bonds. The van der Waals surface area contributed by atoms with Gasteiger partial charge in [-0.3, -0.25) is 4.79 Å². The summed E-state index contributed by atoms with van der Waals surface area (Å²) < 4.78 is 38.8. The van der Waals surface area contributed by atoms with E-state index in [1.807, 2.05) is 9.80 Å². The maximum absolute atomic E-state index is 13.8. The number of alkyl halides is 2. The first-order valence-electron chi connectivity index (χ1n) is 13.3. The van der Waals surface area contributed by atoms with Gasteiger partial charge in [-0.05, 0) is 25.3 Å². The van der Waals surface area contributed by atoms with Crippen LogP contribution in [0.4, 0.5) is 26.6 Å². The number of nitrogens with zero attached hydrogens (tertiary/aromatic N) is 8. The van der Waals surface area contributed by atoms with Crippen LogP contribution in [-0.4, -0.2) is 115 Å². The number of nitrogens with one attached hydrogen (secondary N) is 1. The van der Waals surface area contributed by atoms with Crippen molar-refractivity contribution in [3.8, 4) is 11.4 Å². The molecule has 0 bridgehead atoms. The summed E-state index contributed by atoms with van der Waals surface area (Å²) in [6.07, 6.45) is 0.571. The van der Waals surface area contributed by atoms with Gasteiger partial charge in [-0.15, -0.1) is 12.4 Å². The van der Waals surface area contributed by atoms with Gasteiger partial charge < -0.3 is 35.2 Å². The van der Waals surface area contributed by atoms with Gasteiger partial charge in [0.05, 0.1) is 25.4 Å². The molecular weight excluding hydrogens is 550 g/mol. The van der Waals surface area contributed by atoms with Gasteiger partial charge in [-0.25, -0.2) is 18.7 Å². The van der Waals surface area contributed by atoms with E-state index in [2.05, 4.69) is 30.2 Å². The molecular formula is C24H35ClF2N10O3. The number of ether oxygens (including phenoxy) is 2. The SMILES string of the molecule is Cl.Nc1ncc(-c2nc(N3CCOCC3)nc(N3CCN(C(=O)COC[C@@H]4CCCNC4)CC3)n2)c(C(F)F)n1. The van der Waals surface area contributed by atoms with Gasteiger partial charge >= 0.3 is 0 Å². The van der Waals surface area contributed by atoms with E-state index >= 15 is 0 Å². The van der Waals surface area contributed by atoms with Gasteiger partial charge in [0, 0.05) is 52.0 Å². The van der Waals surface area contributed by atoms with Gasteiger partial charge in [0.2, 0.25) is 23.8 Å². The lowest BCUT2D eigenvalue weighted by molar-refractivity contribution is -0.137. The van der Waals surface area contributed by atoms with E-state index in [9.17, 15) is 13.6 Å². The normalized spacial score (nSPS) is 20.0. The molecule has 0 aromatic carbocycles. The van der Waals surface area contributed by atoms with E-state index < -0.39 is 12.1 Å². The number of rotatable bonds is 8. The van der Waals surface area contributed by atoms with Crippen LogP contribution >= 0.6 is 12.4 Å². The minimum atomic E-state index is -2.89. The summed E-state index contributed by atoms with van der Waals surface area (Å²) in [7, 11) is 0. The average Bonchev–Trinajstić information content (AvgIpc) is 2.98. The first kappa shape index (κ1) is 30.0. The number of nitrogen functional groups attached to an aromatic ring is 1. The van der Waals surface area contributed by atoms with Crippen molar-refractivity contribution in [1.29, 1.82) is 0 Å². The molecule has 0 unspecified atom stereocenters. The van der Waals surface area contributed by atoms with E-state index in [4.69, 9.17) is 15.2 Å². The molecule has 40 heavy (non-hydrogen) atoms. The highest BCUT2D eigenvalue weighted by Gasteiger charge is 2.27. The predicted octanol–water partition coefficient (Wildman–Crippen LogP) is 0.772. The number of piperidine rings is 1. The summed E-state index contributed by atoms with van der Waals surface area (Å²) in [6, 6.07) is 0. The number of hydrogen-bond donors (Lipinski definition) is 2. The molecule has 3 aliphatic rings. The summed E-state index contributed by atoms with van der Waals surface area (Å²) in [5.74, 6) is 0.882. The highest BCUT2D eigenvalue weighted by molar-refractivity contribution is 5.85. The molecule has 3 saturated heterocycles. The number of aromatic nitrogens is 5. The Hall–Kier alpha value is -3.01. The zero-order valence-corrected chi connectivity index (χ0v) is 23.0. The van der Waals surface area contributed by atoms with Crippen LogP contribution in [0.5, 0.6) is 0 Å². The summed E-state index contributed by atoms with van der Waals surface area (Å²) >= 11 is 0. The molecule has 2 aromatic rings.